The molecule has 1 N–H and O–H groups in total. The van der Waals surface area contributed by atoms with E-state index in [1.165, 1.54) is 0 Å². The van der Waals surface area contributed by atoms with Crippen LogP contribution in [0, 0.1) is 20.8 Å². The summed E-state index contributed by atoms with van der Waals surface area (Å²) in [5, 5.41) is 3.87. The van der Waals surface area contributed by atoms with Crippen LogP contribution in [0.2, 0.25) is 5.02 Å². The molecule has 1 aliphatic rings. The first-order valence-electron chi connectivity index (χ1n) is 9.59. The third-order valence-corrected chi connectivity index (χ3v) is 5.63. The molecule has 0 unspecified atom stereocenters. The molecule has 28 heavy (non-hydrogen) atoms. The van der Waals surface area contributed by atoms with Crippen molar-refractivity contribution in [3.63, 3.8) is 0 Å². The fraction of sp³-hybridized carbons (Fsp3) is 0.435. The Balaban J connectivity index is 1.76. The predicted octanol–water partition coefficient (Wildman–Crippen LogP) is 5.45. The van der Waals surface area contributed by atoms with Crippen LogP contribution < -0.4 is 14.8 Å². The highest BCUT2D eigenvalue weighted by atomic mass is 35.5. The number of hydrogen-bond donors (Lipinski definition) is 1. The number of carbonyl (C=O) groups is 1. The molecule has 2 aromatic carbocycles. The Hall–Kier alpha value is -2.20. The van der Waals surface area contributed by atoms with E-state index in [-0.39, 0.29) is 17.6 Å². The first-order chi connectivity index (χ1) is 13.1. The number of fused-ring (bicyclic) bond motifs is 1. The topological polar surface area (TPSA) is 47.6 Å². The molecule has 5 heteroatoms. The lowest BCUT2D eigenvalue weighted by atomic mass is 9.89. The summed E-state index contributed by atoms with van der Waals surface area (Å²) in [6.07, 6.45) is 0.0698. The van der Waals surface area contributed by atoms with Gasteiger partial charge in [-0.3, -0.25) is 4.79 Å². The van der Waals surface area contributed by atoms with Crippen LogP contribution in [0.1, 0.15) is 55.5 Å². The standard InChI is InChI=1S/C23H28ClNO3/c1-13-7-8-20-18(9-13)19(12-23(5,6)28-20)25-22(26)16(4)27-17-10-14(2)21(24)15(3)11-17/h7-11,16,19H,12H2,1-6H3,(H,25,26)/t16-,19+/m0/s1. The van der Waals surface area contributed by atoms with Gasteiger partial charge in [0.25, 0.3) is 5.91 Å². The Bertz CT molecular complexity index is 884. The first-order valence-corrected chi connectivity index (χ1v) is 9.97. The number of nitrogens with one attached hydrogen (secondary N) is 1. The second-order valence-corrected chi connectivity index (χ2v) is 8.68. The molecule has 0 saturated heterocycles. The molecule has 0 fully saturated rings. The van der Waals surface area contributed by atoms with E-state index in [2.05, 4.69) is 11.4 Å². The van der Waals surface area contributed by atoms with Crippen molar-refractivity contribution in [1.29, 1.82) is 0 Å². The average Bonchev–Trinajstić information content (AvgIpc) is 2.59. The van der Waals surface area contributed by atoms with Crippen molar-refractivity contribution in [1.82, 2.24) is 5.32 Å². The lowest BCUT2D eigenvalue weighted by Gasteiger charge is -2.38. The highest BCUT2D eigenvalue weighted by Crippen LogP contribution is 2.40. The Kier molecular flexibility index (Phi) is 5.62. The second kappa shape index (κ2) is 7.67. The molecule has 1 amide bonds. The van der Waals surface area contributed by atoms with Crippen LogP contribution in [0.25, 0.3) is 0 Å². The molecule has 0 saturated carbocycles. The first kappa shape index (κ1) is 20.5. The third-order valence-electron chi connectivity index (χ3n) is 5.03. The van der Waals surface area contributed by atoms with E-state index >= 15 is 0 Å². The minimum Gasteiger partial charge on any atom is -0.487 e. The number of ether oxygens (including phenoxy) is 2. The van der Waals surface area contributed by atoms with Crippen molar-refractivity contribution in [3.05, 3.63) is 57.6 Å². The van der Waals surface area contributed by atoms with Crippen molar-refractivity contribution in [2.24, 2.45) is 0 Å². The summed E-state index contributed by atoms with van der Waals surface area (Å²) in [5.41, 5.74) is 3.66. The van der Waals surface area contributed by atoms with E-state index in [9.17, 15) is 4.79 Å². The van der Waals surface area contributed by atoms with Gasteiger partial charge in [-0.1, -0.05) is 29.3 Å². The summed E-state index contributed by atoms with van der Waals surface area (Å²) in [6.45, 7) is 11.7. The number of halogens is 1. The largest absolute Gasteiger partial charge is 0.487 e. The second-order valence-electron chi connectivity index (χ2n) is 8.30. The zero-order chi connectivity index (χ0) is 20.6. The van der Waals surface area contributed by atoms with E-state index in [4.69, 9.17) is 21.1 Å². The van der Waals surface area contributed by atoms with Gasteiger partial charge in [0.2, 0.25) is 0 Å². The number of hydrogen-bond acceptors (Lipinski definition) is 3. The molecular formula is C23H28ClNO3. The highest BCUT2D eigenvalue weighted by molar-refractivity contribution is 6.32. The summed E-state index contributed by atoms with van der Waals surface area (Å²) in [5.74, 6) is 1.32. The van der Waals surface area contributed by atoms with Crippen molar-refractivity contribution >= 4 is 17.5 Å². The molecule has 3 rings (SSSR count). The Morgan fingerprint density at radius 2 is 1.86 bits per heavy atom. The van der Waals surface area contributed by atoms with Gasteiger partial charge in [0.05, 0.1) is 6.04 Å². The van der Waals surface area contributed by atoms with Crippen LogP contribution in [-0.2, 0) is 4.79 Å². The maximum absolute atomic E-state index is 12.9. The molecule has 0 aromatic heterocycles. The fourth-order valence-corrected chi connectivity index (χ4v) is 3.73. The van der Waals surface area contributed by atoms with Gasteiger partial charge >= 0.3 is 0 Å². The van der Waals surface area contributed by atoms with Gasteiger partial charge in [0, 0.05) is 17.0 Å². The lowest BCUT2D eigenvalue weighted by molar-refractivity contribution is -0.128. The molecule has 0 aliphatic carbocycles. The average molecular weight is 402 g/mol. The van der Waals surface area contributed by atoms with Gasteiger partial charge in [-0.2, -0.15) is 0 Å². The van der Waals surface area contributed by atoms with Gasteiger partial charge in [0.1, 0.15) is 17.1 Å². The van der Waals surface area contributed by atoms with E-state index in [1.807, 2.05) is 58.9 Å². The molecule has 1 heterocycles. The molecule has 150 valence electrons. The smallest absolute Gasteiger partial charge is 0.261 e. The summed E-state index contributed by atoms with van der Waals surface area (Å²) >= 11 is 6.22. The van der Waals surface area contributed by atoms with Crippen LogP contribution in [0.5, 0.6) is 11.5 Å². The zero-order valence-electron chi connectivity index (χ0n) is 17.4. The number of benzene rings is 2. The van der Waals surface area contributed by atoms with Gasteiger partial charge in [-0.15, -0.1) is 0 Å². The van der Waals surface area contributed by atoms with Crippen molar-refractivity contribution in [2.45, 2.75) is 65.7 Å². The van der Waals surface area contributed by atoms with E-state index in [1.54, 1.807) is 6.92 Å². The molecule has 2 aromatic rings. The molecule has 0 spiro atoms. The Morgan fingerprint density at radius 3 is 2.50 bits per heavy atom. The van der Waals surface area contributed by atoms with Crippen LogP contribution in [0.15, 0.2) is 30.3 Å². The molecule has 0 bridgehead atoms. The quantitative estimate of drug-likeness (QED) is 0.740. The Labute approximate surface area is 172 Å². The van der Waals surface area contributed by atoms with Crippen LogP contribution in [0.4, 0.5) is 0 Å². The van der Waals surface area contributed by atoms with E-state index < -0.39 is 6.10 Å². The van der Waals surface area contributed by atoms with Crippen LogP contribution in [-0.4, -0.2) is 17.6 Å². The molecule has 1 aliphatic heterocycles. The van der Waals surface area contributed by atoms with Crippen LogP contribution in [0.3, 0.4) is 0 Å². The minimum atomic E-state index is -0.626. The summed E-state index contributed by atoms with van der Waals surface area (Å²) < 4.78 is 12.0. The molecule has 2 atom stereocenters. The molecule has 0 radical (unpaired) electrons. The normalized spacial score (nSPS) is 18.6. The van der Waals surface area contributed by atoms with E-state index in [0.717, 1.165) is 33.0 Å². The molecule has 4 nitrogen and oxygen atoms in total. The van der Waals surface area contributed by atoms with Crippen LogP contribution >= 0.6 is 11.6 Å². The highest BCUT2D eigenvalue weighted by Gasteiger charge is 2.35. The third kappa shape index (κ3) is 4.44. The number of rotatable bonds is 4. The van der Waals surface area contributed by atoms with Gasteiger partial charge in [0.15, 0.2) is 6.10 Å². The van der Waals surface area contributed by atoms with Crippen molar-refractivity contribution in [3.8, 4) is 11.5 Å². The maximum Gasteiger partial charge on any atom is 0.261 e. The summed E-state index contributed by atoms with van der Waals surface area (Å²) in [7, 11) is 0. The van der Waals surface area contributed by atoms with Gasteiger partial charge in [-0.25, -0.2) is 0 Å². The number of aryl methyl sites for hydroxylation is 3. The monoisotopic (exact) mass is 401 g/mol. The SMILES string of the molecule is Cc1ccc2c(c1)[C@H](NC(=O)[C@H](C)Oc1cc(C)c(Cl)c(C)c1)CC(C)(C)O2. The molecular weight excluding hydrogens is 374 g/mol. The van der Waals surface area contributed by atoms with E-state index in [0.29, 0.717) is 12.2 Å². The maximum atomic E-state index is 12.9. The van der Waals surface area contributed by atoms with Crippen molar-refractivity contribution in [2.75, 3.05) is 0 Å². The minimum absolute atomic E-state index is 0.120. The fourth-order valence-electron chi connectivity index (χ4n) is 3.62. The predicted molar refractivity (Wildman–Crippen MR) is 112 cm³/mol. The number of amides is 1. The number of carbonyl (C=O) groups excluding carboxylic acids is 1. The lowest BCUT2D eigenvalue weighted by Crippen LogP contribution is -2.44. The summed E-state index contributed by atoms with van der Waals surface area (Å²) in [6, 6.07) is 9.67. The Morgan fingerprint density at radius 1 is 1.21 bits per heavy atom. The van der Waals surface area contributed by atoms with Crippen molar-refractivity contribution < 1.29 is 14.3 Å². The van der Waals surface area contributed by atoms with Gasteiger partial charge < -0.3 is 14.8 Å². The summed E-state index contributed by atoms with van der Waals surface area (Å²) in [4.78, 5) is 12.9. The van der Waals surface area contributed by atoms with Gasteiger partial charge in [-0.05, 0) is 70.9 Å². The zero-order valence-corrected chi connectivity index (χ0v) is 18.1.